The van der Waals surface area contributed by atoms with Gasteiger partial charge in [-0.2, -0.15) is 0 Å². The third-order valence-corrected chi connectivity index (χ3v) is 4.30. The summed E-state index contributed by atoms with van der Waals surface area (Å²) in [4.78, 5) is 24.5. The Morgan fingerprint density at radius 2 is 1.90 bits per heavy atom. The maximum Gasteiger partial charge on any atom is 0.338 e. The van der Waals surface area contributed by atoms with E-state index in [1.807, 2.05) is 6.92 Å². The van der Waals surface area contributed by atoms with Crippen LogP contribution in [-0.4, -0.2) is 24.1 Å². The molecule has 1 aromatic carbocycles. The number of thiophene rings is 1. The fourth-order valence-corrected chi connectivity index (χ4v) is 3.02. The molecule has 0 radical (unpaired) electrons. The predicted octanol–water partition coefficient (Wildman–Crippen LogP) is 3.32. The summed E-state index contributed by atoms with van der Waals surface area (Å²) < 4.78 is 5.14. The number of aryl methyl sites for hydroxylation is 1. The molecular formula is C15H15NO4S. The third kappa shape index (κ3) is 2.90. The van der Waals surface area contributed by atoms with Gasteiger partial charge in [-0.15, -0.1) is 11.3 Å². The van der Waals surface area contributed by atoms with Gasteiger partial charge in [0.1, 0.15) is 10.8 Å². The standard InChI is InChI=1S/C15H15NO4S/c1-8-9(2)21-14(12(8)15(18)19)16-13(17)10-6-4-5-7-11(10)20-3/h4-7H,1-3H3,(H,16,17)(H,18,19). The molecule has 2 rings (SSSR count). The summed E-state index contributed by atoms with van der Waals surface area (Å²) in [7, 11) is 1.48. The number of benzene rings is 1. The molecule has 0 bridgehead atoms. The Morgan fingerprint density at radius 3 is 2.52 bits per heavy atom. The number of hydrogen-bond acceptors (Lipinski definition) is 4. The van der Waals surface area contributed by atoms with Gasteiger partial charge >= 0.3 is 5.97 Å². The second-order valence-corrected chi connectivity index (χ2v) is 5.67. The van der Waals surface area contributed by atoms with E-state index in [0.717, 1.165) is 4.88 Å². The van der Waals surface area contributed by atoms with E-state index < -0.39 is 11.9 Å². The van der Waals surface area contributed by atoms with Crippen molar-refractivity contribution in [2.24, 2.45) is 0 Å². The predicted molar refractivity (Wildman–Crippen MR) is 81.7 cm³/mol. The molecule has 2 aromatic rings. The second kappa shape index (κ2) is 5.97. The van der Waals surface area contributed by atoms with Crippen molar-refractivity contribution in [3.8, 4) is 5.75 Å². The zero-order valence-electron chi connectivity index (χ0n) is 11.9. The molecule has 6 heteroatoms. The third-order valence-electron chi connectivity index (χ3n) is 3.18. The molecule has 110 valence electrons. The molecule has 0 aliphatic rings. The highest BCUT2D eigenvalue weighted by Crippen LogP contribution is 2.33. The quantitative estimate of drug-likeness (QED) is 0.908. The summed E-state index contributed by atoms with van der Waals surface area (Å²) in [6.07, 6.45) is 0. The van der Waals surface area contributed by atoms with Crippen LogP contribution >= 0.6 is 11.3 Å². The number of carbonyl (C=O) groups excluding carboxylic acids is 1. The average Bonchev–Trinajstić information content (AvgIpc) is 2.73. The lowest BCUT2D eigenvalue weighted by Gasteiger charge is -2.08. The first kappa shape index (κ1) is 15.1. The second-order valence-electron chi connectivity index (χ2n) is 4.45. The fourth-order valence-electron chi connectivity index (χ4n) is 1.98. The number of methoxy groups -OCH3 is 1. The van der Waals surface area contributed by atoms with E-state index in [2.05, 4.69) is 5.32 Å². The molecule has 5 nitrogen and oxygen atoms in total. The van der Waals surface area contributed by atoms with E-state index in [9.17, 15) is 14.7 Å². The van der Waals surface area contributed by atoms with Crippen molar-refractivity contribution in [2.45, 2.75) is 13.8 Å². The van der Waals surface area contributed by atoms with E-state index in [1.54, 1.807) is 31.2 Å². The van der Waals surface area contributed by atoms with Crippen LogP contribution in [0.15, 0.2) is 24.3 Å². The lowest BCUT2D eigenvalue weighted by Crippen LogP contribution is -2.14. The number of hydrogen-bond donors (Lipinski definition) is 2. The minimum atomic E-state index is -1.05. The molecule has 0 fully saturated rings. The Bertz CT molecular complexity index is 706. The smallest absolute Gasteiger partial charge is 0.338 e. The van der Waals surface area contributed by atoms with Gasteiger partial charge in [-0.25, -0.2) is 4.79 Å². The Morgan fingerprint density at radius 1 is 1.24 bits per heavy atom. The minimum Gasteiger partial charge on any atom is -0.496 e. The van der Waals surface area contributed by atoms with E-state index in [1.165, 1.54) is 18.4 Å². The highest BCUT2D eigenvalue weighted by Gasteiger charge is 2.21. The molecule has 21 heavy (non-hydrogen) atoms. The number of aromatic carboxylic acids is 1. The van der Waals surface area contributed by atoms with Crippen molar-refractivity contribution in [3.63, 3.8) is 0 Å². The molecule has 2 N–H and O–H groups in total. The maximum absolute atomic E-state index is 12.3. The van der Waals surface area contributed by atoms with Gasteiger partial charge in [0.05, 0.1) is 18.2 Å². The van der Waals surface area contributed by atoms with Crippen molar-refractivity contribution < 1.29 is 19.4 Å². The van der Waals surface area contributed by atoms with Crippen LogP contribution in [-0.2, 0) is 0 Å². The topological polar surface area (TPSA) is 75.6 Å². The summed E-state index contributed by atoms with van der Waals surface area (Å²) in [5.41, 5.74) is 1.17. The molecule has 0 aliphatic heterocycles. The van der Waals surface area contributed by atoms with Crippen LogP contribution in [0.2, 0.25) is 0 Å². The molecule has 0 saturated carbocycles. The Balaban J connectivity index is 2.36. The van der Waals surface area contributed by atoms with Gasteiger partial charge in [0, 0.05) is 4.88 Å². The van der Waals surface area contributed by atoms with Crippen LogP contribution in [0.25, 0.3) is 0 Å². The van der Waals surface area contributed by atoms with Crippen LogP contribution in [0, 0.1) is 13.8 Å². The number of para-hydroxylation sites is 1. The van der Waals surface area contributed by atoms with Crippen molar-refractivity contribution in [3.05, 3.63) is 45.8 Å². The lowest BCUT2D eigenvalue weighted by atomic mass is 10.1. The monoisotopic (exact) mass is 305 g/mol. The summed E-state index contributed by atoms with van der Waals surface area (Å²) in [5, 5.41) is 12.3. The van der Waals surface area contributed by atoms with Gasteiger partial charge in [0.15, 0.2) is 0 Å². The molecule has 0 aliphatic carbocycles. The number of rotatable bonds is 4. The van der Waals surface area contributed by atoms with Gasteiger partial charge in [0.25, 0.3) is 5.91 Å². The number of carboxylic acid groups (broad SMARTS) is 1. The first-order valence-electron chi connectivity index (χ1n) is 6.23. The molecule has 1 heterocycles. The fraction of sp³-hybridized carbons (Fsp3) is 0.200. The van der Waals surface area contributed by atoms with Crippen LogP contribution in [0.1, 0.15) is 31.2 Å². The van der Waals surface area contributed by atoms with Crippen LogP contribution in [0.4, 0.5) is 5.00 Å². The number of carbonyl (C=O) groups is 2. The van der Waals surface area contributed by atoms with Crippen molar-refractivity contribution in [1.29, 1.82) is 0 Å². The Labute approximate surface area is 126 Å². The van der Waals surface area contributed by atoms with Gasteiger partial charge in [-0.05, 0) is 31.5 Å². The van der Waals surface area contributed by atoms with Gasteiger partial charge in [0.2, 0.25) is 0 Å². The van der Waals surface area contributed by atoms with Crippen molar-refractivity contribution >= 4 is 28.2 Å². The largest absolute Gasteiger partial charge is 0.496 e. The summed E-state index contributed by atoms with van der Waals surface area (Å²) in [5.74, 6) is -1.000. The first-order valence-corrected chi connectivity index (χ1v) is 7.05. The molecule has 0 saturated heterocycles. The maximum atomic E-state index is 12.3. The molecule has 0 atom stereocenters. The highest BCUT2D eigenvalue weighted by atomic mass is 32.1. The first-order chi connectivity index (χ1) is 9.95. The van der Waals surface area contributed by atoms with Crippen LogP contribution < -0.4 is 10.1 Å². The Kier molecular flexibility index (Phi) is 4.28. The summed E-state index contributed by atoms with van der Waals surface area (Å²) in [6.45, 7) is 3.55. The zero-order valence-corrected chi connectivity index (χ0v) is 12.7. The van der Waals surface area contributed by atoms with Gasteiger partial charge in [-0.3, -0.25) is 4.79 Å². The number of nitrogens with one attached hydrogen (secondary N) is 1. The van der Waals surface area contributed by atoms with E-state index in [0.29, 0.717) is 21.9 Å². The summed E-state index contributed by atoms with van der Waals surface area (Å²) >= 11 is 1.25. The Hall–Kier alpha value is -2.34. The summed E-state index contributed by atoms with van der Waals surface area (Å²) in [6, 6.07) is 6.79. The number of carboxylic acids is 1. The van der Waals surface area contributed by atoms with Crippen molar-refractivity contribution in [2.75, 3.05) is 12.4 Å². The SMILES string of the molecule is COc1ccccc1C(=O)Nc1sc(C)c(C)c1C(=O)O. The van der Waals surface area contributed by atoms with E-state index in [-0.39, 0.29) is 5.56 Å². The minimum absolute atomic E-state index is 0.140. The molecule has 0 spiro atoms. The highest BCUT2D eigenvalue weighted by molar-refractivity contribution is 7.16. The molecule has 1 amide bonds. The van der Waals surface area contributed by atoms with Gasteiger partial charge < -0.3 is 15.2 Å². The number of amides is 1. The number of ether oxygens (including phenoxy) is 1. The molecule has 1 aromatic heterocycles. The number of anilines is 1. The van der Waals surface area contributed by atoms with Crippen molar-refractivity contribution in [1.82, 2.24) is 0 Å². The van der Waals surface area contributed by atoms with Crippen LogP contribution in [0.5, 0.6) is 5.75 Å². The zero-order chi connectivity index (χ0) is 15.6. The average molecular weight is 305 g/mol. The normalized spacial score (nSPS) is 10.2. The van der Waals surface area contributed by atoms with Crippen LogP contribution in [0.3, 0.4) is 0 Å². The molecular weight excluding hydrogens is 290 g/mol. The van der Waals surface area contributed by atoms with E-state index >= 15 is 0 Å². The molecule has 0 unspecified atom stereocenters. The lowest BCUT2D eigenvalue weighted by molar-refractivity contribution is 0.0697. The van der Waals surface area contributed by atoms with Gasteiger partial charge in [-0.1, -0.05) is 12.1 Å². The van der Waals surface area contributed by atoms with E-state index in [4.69, 9.17) is 4.74 Å².